The predicted octanol–water partition coefficient (Wildman–Crippen LogP) is 0.442. The Morgan fingerprint density at radius 3 is 3.30 bits per heavy atom. The van der Waals surface area contributed by atoms with Crippen molar-refractivity contribution in [2.45, 2.75) is 31.8 Å². The molecule has 1 N–H and O–H groups in total. The number of nitrogens with zero attached hydrogens (tertiary/aromatic N) is 1. The summed E-state index contributed by atoms with van der Waals surface area (Å²) in [6, 6.07) is 1.59. The van der Waals surface area contributed by atoms with E-state index in [1.54, 1.807) is 0 Å². The monoisotopic (exact) mass is 140 g/mol. The van der Waals surface area contributed by atoms with Crippen LogP contribution in [0, 0.1) is 0 Å². The Balaban J connectivity index is 1.96. The molecule has 1 unspecified atom stereocenters. The summed E-state index contributed by atoms with van der Waals surface area (Å²) in [6.45, 7) is 6.11. The van der Waals surface area contributed by atoms with Crippen LogP contribution < -0.4 is 5.32 Å². The molecule has 2 aliphatic rings. The number of rotatable bonds is 0. The van der Waals surface area contributed by atoms with Gasteiger partial charge in [0.25, 0.3) is 0 Å². The van der Waals surface area contributed by atoms with Crippen LogP contribution in [-0.2, 0) is 0 Å². The maximum absolute atomic E-state index is 3.51. The lowest BCUT2D eigenvalue weighted by atomic mass is 10.1. The zero-order chi connectivity index (χ0) is 6.97. The summed E-state index contributed by atoms with van der Waals surface area (Å²) in [5, 5.41) is 3.51. The predicted molar refractivity (Wildman–Crippen MR) is 42.1 cm³/mol. The zero-order valence-electron chi connectivity index (χ0n) is 6.64. The molecular formula is C8H16N2. The van der Waals surface area contributed by atoms with Crippen LogP contribution in [0.1, 0.15) is 19.8 Å². The quantitative estimate of drug-likeness (QED) is 0.525. The maximum Gasteiger partial charge on any atom is 0.0221 e. The van der Waals surface area contributed by atoms with E-state index in [1.165, 1.54) is 32.5 Å². The molecule has 2 aliphatic heterocycles. The third-order valence-electron chi connectivity index (χ3n) is 2.71. The van der Waals surface area contributed by atoms with Crippen LogP contribution in [0.2, 0.25) is 0 Å². The van der Waals surface area contributed by atoms with Gasteiger partial charge in [0.2, 0.25) is 0 Å². The van der Waals surface area contributed by atoms with E-state index < -0.39 is 0 Å². The van der Waals surface area contributed by atoms with Gasteiger partial charge in [0.15, 0.2) is 0 Å². The van der Waals surface area contributed by atoms with Crippen molar-refractivity contribution < 1.29 is 0 Å². The number of piperazine rings is 1. The normalized spacial score (nSPS) is 41.7. The van der Waals surface area contributed by atoms with Crippen molar-refractivity contribution in [1.29, 1.82) is 0 Å². The minimum Gasteiger partial charge on any atom is -0.311 e. The minimum absolute atomic E-state index is 0.717. The first kappa shape index (κ1) is 6.62. The van der Waals surface area contributed by atoms with Crippen molar-refractivity contribution in [2.75, 3.05) is 19.6 Å². The molecule has 0 aromatic heterocycles. The summed E-state index contributed by atoms with van der Waals surface area (Å²) >= 11 is 0. The largest absolute Gasteiger partial charge is 0.311 e. The molecule has 2 atom stereocenters. The summed E-state index contributed by atoms with van der Waals surface area (Å²) in [7, 11) is 0. The summed E-state index contributed by atoms with van der Waals surface area (Å²) < 4.78 is 0. The van der Waals surface area contributed by atoms with Crippen molar-refractivity contribution >= 4 is 0 Å². The molecule has 0 aromatic carbocycles. The molecule has 0 aromatic rings. The van der Waals surface area contributed by atoms with Gasteiger partial charge in [-0.25, -0.2) is 0 Å². The first-order valence-corrected chi connectivity index (χ1v) is 4.33. The highest BCUT2D eigenvalue weighted by molar-refractivity contribution is 4.88. The molecule has 0 aliphatic carbocycles. The van der Waals surface area contributed by atoms with Gasteiger partial charge in [-0.05, 0) is 26.3 Å². The number of hydrogen-bond acceptors (Lipinski definition) is 2. The summed E-state index contributed by atoms with van der Waals surface area (Å²) in [5.74, 6) is 0. The minimum atomic E-state index is 0.717. The van der Waals surface area contributed by atoms with E-state index in [0.717, 1.165) is 6.04 Å². The Morgan fingerprint density at radius 2 is 2.40 bits per heavy atom. The Kier molecular flexibility index (Phi) is 1.66. The van der Waals surface area contributed by atoms with Crippen LogP contribution in [0.15, 0.2) is 0 Å². The van der Waals surface area contributed by atoms with E-state index >= 15 is 0 Å². The second-order valence-electron chi connectivity index (χ2n) is 3.60. The van der Waals surface area contributed by atoms with Gasteiger partial charge in [0.1, 0.15) is 0 Å². The van der Waals surface area contributed by atoms with E-state index in [4.69, 9.17) is 0 Å². The molecule has 2 heteroatoms. The van der Waals surface area contributed by atoms with Gasteiger partial charge in [0.05, 0.1) is 0 Å². The second-order valence-corrected chi connectivity index (χ2v) is 3.60. The van der Waals surface area contributed by atoms with Gasteiger partial charge in [-0.2, -0.15) is 0 Å². The molecule has 0 bridgehead atoms. The van der Waals surface area contributed by atoms with Gasteiger partial charge in [-0.1, -0.05) is 0 Å². The van der Waals surface area contributed by atoms with Crippen molar-refractivity contribution in [3.63, 3.8) is 0 Å². The molecule has 2 rings (SSSR count). The second kappa shape index (κ2) is 2.51. The van der Waals surface area contributed by atoms with Crippen molar-refractivity contribution in [1.82, 2.24) is 10.2 Å². The highest BCUT2D eigenvalue weighted by Gasteiger charge is 2.28. The Labute approximate surface area is 62.6 Å². The van der Waals surface area contributed by atoms with Crippen LogP contribution in [0.5, 0.6) is 0 Å². The van der Waals surface area contributed by atoms with E-state index in [-0.39, 0.29) is 0 Å². The maximum atomic E-state index is 3.51. The van der Waals surface area contributed by atoms with E-state index in [2.05, 4.69) is 17.1 Å². The van der Waals surface area contributed by atoms with E-state index in [0.29, 0.717) is 6.04 Å². The first-order valence-electron chi connectivity index (χ1n) is 4.33. The molecule has 58 valence electrons. The molecular weight excluding hydrogens is 124 g/mol. The van der Waals surface area contributed by atoms with Crippen LogP contribution in [0.25, 0.3) is 0 Å². The lowest BCUT2D eigenvalue weighted by molar-refractivity contribution is 0.180. The first-order chi connectivity index (χ1) is 4.86. The molecule has 2 saturated heterocycles. The third-order valence-corrected chi connectivity index (χ3v) is 2.71. The SMILES string of the molecule is C[C@H]1CN2CCCC2CN1. The standard InChI is InChI=1S/C8H16N2/c1-7-6-10-4-2-3-8(10)5-9-7/h7-9H,2-6H2,1H3/t7-,8?/m0/s1. The van der Waals surface area contributed by atoms with Gasteiger partial charge in [-0.15, -0.1) is 0 Å². The average Bonchev–Trinajstić information content (AvgIpc) is 2.33. The highest BCUT2D eigenvalue weighted by atomic mass is 15.2. The van der Waals surface area contributed by atoms with Gasteiger partial charge >= 0.3 is 0 Å². The lowest BCUT2D eigenvalue weighted by Gasteiger charge is -2.34. The summed E-state index contributed by atoms with van der Waals surface area (Å²) in [6.07, 6.45) is 2.83. The fourth-order valence-electron chi connectivity index (χ4n) is 2.12. The zero-order valence-corrected chi connectivity index (χ0v) is 6.64. The number of nitrogens with one attached hydrogen (secondary N) is 1. The fraction of sp³-hybridized carbons (Fsp3) is 1.00. The third kappa shape index (κ3) is 1.06. The smallest absolute Gasteiger partial charge is 0.0221 e. The molecule has 2 heterocycles. The van der Waals surface area contributed by atoms with E-state index in [1.807, 2.05) is 0 Å². The van der Waals surface area contributed by atoms with Crippen LogP contribution in [0.3, 0.4) is 0 Å². The average molecular weight is 140 g/mol. The number of fused-ring (bicyclic) bond motifs is 1. The molecule has 2 nitrogen and oxygen atoms in total. The van der Waals surface area contributed by atoms with Crippen molar-refractivity contribution in [3.05, 3.63) is 0 Å². The molecule has 0 saturated carbocycles. The van der Waals surface area contributed by atoms with Crippen LogP contribution >= 0.6 is 0 Å². The number of hydrogen-bond donors (Lipinski definition) is 1. The molecule has 0 spiro atoms. The molecule has 0 amide bonds. The lowest BCUT2D eigenvalue weighted by Crippen LogP contribution is -2.52. The molecule has 10 heavy (non-hydrogen) atoms. The Bertz CT molecular complexity index is 124. The van der Waals surface area contributed by atoms with Crippen LogP contribution in [0.4, 0.5) is 0 Å². The van der Waals surface area contributed by atoms with Gasteiger partial charge in [-0.3, -0.25) is 4.90 Å². The van der Waals surface area contributed by atoms with Gasteiger partial charge in [0, 0.05) is 25.2 Å². The highest BCUT2D eigenvalue weighted by Crippen LogP contribution is 2.19. The van der Waals surface area contributed by atoms with Crippen molar-refractivity contribution in [2.24, 2.45) is 0 Å². The Morgan fingerprint density at radius 1 is 1.50 bits per heavy atom. The Hall–Kier alpha value is -0.0800. The molecule has 2 fully saturated rings. The summed E-state index contributed by atoms with van der Waals surface area (Å²) in [4.78, 5) is 2.63. The van der Waals surface area contributed by atoms with E-state index in [9.17, 15) is 0 Å². The molecule has 0 radical (unpaired) electrons. The summed E-state index contributed by atoms with van der Waals surface area (Å²) in [5.41, 5.74) is 0. The van der Waals surface area contributed by atoms with Crippen molar-refractivity contribution in [3.8, 4) is 0 Å². The van der Waals surface area contributed by atoms with Crippen LogP contribution in [-0.4, -0.2) is 36.6 Å². The fourth-order valence-corrected chi connectivity index (χ4v) is 2.12. The topological polar surface area (TPSA) is 15.3 Å². The van der Waals surface area contributed by atoms with Gasteiger partial charge < -0.3 is 5.32 Å².